The molecule has 0 saturated carbocycles. The average Bonchev–Trinajstić information content (AvgIpc) is 2.92. The number of benzene rings is 2. The van der Waals surface area contributed by atoms with Crippen molar-refractivity contribution in [2.45, 2.75) is 12.3 Å². The average molecular weight is 405 g/mol. The van der Waals surface area contributed by atoms with Gasteiger partial charge in [0, 0.05) is 6.61 Å². The number of carbonyl (C=O) groups is 1. The molecule has 0 aliphatic carbocycles. The number of nitrogens with one attached hydrogen (secondary N) is 1. The Bertz CT molecular complexity index is 1030. The molecule has 2 aromatic carbocycles. The van der Waals surface area contributed by atoms with Crippen molar-refractivity contribution >= 4 is 21.8 Å². The Morgan fingerprint density at radius 3 is 2.29 bits per heavy atom. The fourth-order valence-corrected chi connectivity index (χ4v) is 4.04. The van der Waals surface area contributed by atoms with Gasteiger partial charge < -0.3 is 21.1 Å². The number of rotatable bonds is 6. The highest BCUT2D eigenvalue weighted by Gasteiger charge is 2.30. The third-order valence-corrected chi connectivity index (χ3v) is 5.64. The number of phenolic OH excluding ortho intramolecular Hbond substituents is 1. The number of amides is 1. The SMILES string of the molecule is NC(=O)C(CCO)c1ccc(-c2ccc(O)c(N3C=C(O)NS3(=O)=O)c2)cc1. The summed E-state index contributed by atoms with van der Waals surface area (Å²) >= 11 is 0. The summed E-state index contributed by atoms with van der Waals surface area (Å²) in [6, 6.07) is 11.3. The van der Waals surface area contributed by atoms with Gasteiger partial charge in [0.05, 0.1) is 12.1 Å². The zero-order valence-electron chi connectivity index (χ0n) is 14.6. The molecule has 0 spiro atoms. The number of phenols is 1. The van der Waals surface area contributed by atoms with Crippen LogP contribution in [-0.4, -0.2) is 36.3 Å². The molecule has 2 aromatic rings. The summed E-state index contributed by atoms with van der Waals surface area (Å²) in [6.45, 7) is -0.171. The molecule has 10 heteroatoms. The van der Waals surface area contributed by atoms with E-state index in [4.69, 9.17) is 10.8 Å². The maximum absolute atomic E-state index is 12.0. The highest BCUT2D eigenvalue weighted by atomic mass is 32.2. The second-order valence-corrected chi connectivity index (χ2v) is 7.76. The first-order chi connectivity index (χ1) is 13.2. The molecule has 1 unspecified atom stereocenters. The summed E-state index contributed by atoms with van der Waals surface area (Å²) < 4.78 is 26.7. The maximum Gasteiger partial charge on any atom is 0.330 e. The Morgan fingerprint density at radius 2 is 1.75 bits per heavy atom. The van der Waals surface area contributed by atoms with Crippen molar-refractivity contribution in [1.29, 1.82) is 0 Å². The number of primary amides is 1. The van der Waals surface area contributed by atoms with Crippen LogP contribution in [0.25, 0.3) is 11.1 Å². The van der Waals surface area contributed by atoms with Crippen LogP contribution in [0, 0.1) is 0 Å². The molecule has 0 fully saturated rings. The number of anilines is 1. The molecule has 1 aliphatic heterocycles. The van der Waals surface area contributed by atoms with Crippen LogP contribution in [0.5, 0.6) is 5.75 Å². The molecule has 1 atom stereocenters. The van der Waals surface area contributed by atoms with E-state index in [0.29, 0.717) is 16.7 Å². The van der Waals surface area contributed by atoms with E-state index in [0.717, 1.165) is 10.5 Å². The molecule has 0 radical (unpaired) electrons. The molecule has 1 amide bonds. The third-order valence-electron chi connectivity index (χ3n) is 4.35. The van der Waals surface area contributed by atoms with Gasteiger partial charge in [-0.1, -0.05) is 30.3 Å². The minimum Gasteiger partial charge on any atom is -0.506 e. The zero-order chi connectivity index (χ0) is 20.5. The first-order valence-electron chi connectivity index (χ1n) is 8.29. The number of hydrogen-bond acceptors (Lipinski definition) is 6. The Morgan fingerprint density at radius 1 is 1.11 bits per heavy atom. The minimum atomic E-state index is -4.04. The van der Waals surface area contributed by atoms with Gasteiger partial charge in [-0.25, -0.2) is 9.03 Å². The Hall–Kier alpha value is -3.24. The summed E-state index contributed by atoms with van der Waals surface area (Å²) in [5.74, 6) is -1.99. The Balaban J connectivity index is 1.96. The molecular formula is C18H19N3O6S. The van der Waals surface area contributed by atoms with E-state index in [2.05, 4.69) is 0 Å². The van der Waals surface area contributed by atoms with E-state index in [9.17, 15) is 23.4 Å². The van der Waals surface area contributed by atoms with Crippen LogP contribution in [0.3, 0.4) is 0 Å². The zero-order valence-corrected chi connectivity index (χ0v) is 15.4. The topological polar surface area (TPSA) is 153 Å². The highest BCUT2D eigenvalue weighted by Crippen LogP contribution is 2.36. The van der Waals surface area contributed by atoms with Gasteiger partial charge in [-0.3, -0.25) is 4.79 Å². The van der Waals surface area contributed by atoms with E-state index >= 15 is 0 Å². The molecule has 148 valence electrons. The van der Waals surface area contributed by atoms with Crippen LogP contribution in [-0.2, 0) is 15.0 Å². The fraction of sp³-hybridized carbons (Fsp3) is 0.167. The lowest BCUT2D eigenvalue weighted by atomic mass is 9.93. The lowest BCUT2D eigenvalue weighted by molar-refractivity contribution is -0.119. The lowest BCUT2D eigenvalue weighted by Crippen LogP contribution is -2.29. The molecule has 0 bridgehead atoms. The van der Waals surface area contributed by atoms with Crippen molar-refractivity contribution in [3.8, 4) is 16.9 Å². The van der Waals surface area contributed by atoms with Gasteiger partial charge in [0.1, 0.15) is 11.4 Å². The number of aromatic hydroxyl groups is 1. The summed E-state index contributed by atoms with van der Waals surface area (Å²) in [4.78, 5) is 11.6. The quantitative estimate of drug-likeness (QED) is 0.484. The lowest BCUT2D eigenvalue weighted by Gasteiger charge is -2.17. The molecule has 6 N–H and O–H groups in total. The van der Waals surface area contributed by atoms with Crippen molar-refractivity contribution < 1.29 is 28.5 Å². The second-order valence-electron chi connectivity index (χ2n) is 6.21. The van der Waals surface area contributed by atoms with Gasteiger partial charge in [0.25, 0.3) is 0 Å². The molecule has 1 aliphatic rings. The van der Waals surface area contributed by atoms with Crippen LogP contribution in [0.15, 0.2) is 54.5 Å². The van der Waals surface area contributed by atoms with E-state index in [-0.39, 0.29) is 24.5 Å². The molecule has 3 rings (SSSR count). The van der Waals surface area contributed by atoms with Crippen molar-refractivity contribution in [2.75, 3.05) is 10.9 Å². The van der Waals surface area contributed by atoms with Crippen LogP contribution >= 0.6 is 0 Å². The predicted octanol–water partition coefficient (Wildman–Crippen LogP) is 1.02. The Labute approximate surface area is 161 Å². The summed E-state index contributed by atoms with van der Waals surface area (Å²) in [6.07, 6.45) is 1.16. The normalized spacial score (nSPS) is 16.3. The van der Waals surface area contributed by atoms with Crippen molar-refractivity contribution in [1.82, 2.24) is 4.72 Å². The van der Waals surface area contributed by atoms with E-state index in [1.54, 1.807) is 30.3 Å². The van der Waals surface area contributed by atoms with Crippen molar-refractivity contribution in [3.05, 3.63) is 60.1 Å². The maximum atomic E-state index is 12.0. The molecule has 28 heavy (non-hydrogen) atoms. The number of aliphatic hydroxyl groups excluding tert-OH is 2. The van der Waals surface area contributed by atoms with Gasteiger partial charge in [-0.15, -0.1) is 0 Å². The summed E-state index contributed by atoms with van der Waals surface area (Å²) in [7, 11) is -4.04. The summed E-state index contributed by atoms with van der Waals surface area (Å²) in [5.41, 5.74) is 7.30. The molecule has 9 nitrogen and oxygen atoms in total. The number of nitrogens with two attached hydrogens (primary N) is 1. The van der Waals surface area contributed by atoms with Crippen molar-refractivity contribution in [3.63, 3.8) is 0 Å². The van der Waals surface area contributed by atoms with Crippen LogP contribution in [0.2, 0.25) is 0 Å². The van der Waals surface area contributed by atoms with Gasteiger partial charge in [-0.05, 0) is 35.2 Å². The first-order valence-corrected chi connectivity index (χ1v) is 9.73. The smallest absolute Gasteiger partial charge is 0.330 e. The van der Waals surface area contributed by atoms with Gasteiger partial charge in [-0.2, -0.15) is 8.42 Å². The summed E-state index contributed by atoms with van der Waals surface area (Å²) in [5, 5.41) is 28.6. The number of hydrogen-bond donors (Lipinski definition) is 5. The standard InChI is InChI=1S/C18H19N3O6S/c19-18(25)14(7-8-22)12-3-1-11(2-4-12)13-5-6-16(23)15(9-13)21-10-17(24)20-28(21,26)27/h1-6,9-10,14,20,22-24H,7-8H2,(H2,19,25). The van der Waals surface area contributed by atoms with E-state index in [1.807, 2.05) is 4.72 Å². The van der Waals surface area contributed by atoms with Crippen molar-refractivity contribution in [2.24, 2.45) is 5.73 Å². The van der Waals surface area contributed by atoms with E-state index in [1.165, 1.54) is 12.1 Å². The molecular weight excluding hydrogens is 386 g/mol. The van der Waals surface area contributed by atoms with Gasteiger partial charge in [0.15, 0.2) is 0 Å². The minimum absolute atomic E-state index is 0.0339. The van der Waals surface area contributed by atoms with E-state index < -0.39 is 27.9 Å². The monoisotopic (exact) mass is 405 g/mol. The number of carbonyl (C=O) groups excluding carboxylic acids is 1. The fourth-order valence-electron chi connectivity index (χ4n) is 2.98. The molecule has 0 aromatic heterocycles. The predicted molar refractivity (Wildman–Crippen MR) is 102 cm³/mol. The van der Waals surface area contributed by atoms with Gasteiger partial charge in [0.2, 0.25) is 11.8 Å². The van der Waals surface area contributed by atoms with Crippen LogP contribution < -0.4 is 14.8 Å². The number of nitrogens with zero attached hydrogens (tertiary/aromatic N) is 1. The van der Waals surface area contributed by atoms with Gasteiger partial charge >= 0.3 is 10.2 Å². The van der Waals surface area contributed by atoms with Crippen LogP contribution in [0.1, 0.15) is 17.9 Å². The highest BCUT2D eigenvalue weighted by molar-refractivity contribution is 7.91. The third kappa shape index (κ3) is 3.73. The largest absolute Gasteiger partial charge is 0.506 e. The second kappa shape index (κ2) is 7.41. The first kappa shape index (κ1) is 19.5. The Kier molecular flexibility index (Phi) is 5.16. The number of aliphatic hydroxyl groups is 2. The van der Waals surface area contributed by atoms with Crippen LogP contribution in [0.4, 0.5) is 5.69 Å². The molecule has 0 saturated heterocycles. The molecule has 1 heterocycles.